The molecule has 1 aromatic heterocycles. The number of carbonyl (C=O) groups is 1. The van der Waals surface area contributed by atoms with E-state index in [9.17, 15) is 13.2 Å². The van der Waals surface area contributed by atoms with Gasteiger partial charge in [-0.3, -0.25) is 4.79 Å². The fraction of sp³-hybridized carbons (Fsp3) is 0.240. The van der Waals surface area contributed by atoms with Gasteiger partial charge < -0.3 is 10.3 Å². The summed E-state index contributed by atoms with van der Waals surface area (Å²) < 4.78 is 26.1. The highest BCUT2D eigenvalue weighted by Crippen LogP contribution is 2.33. The monoisotopic (exact) mass is 433 g/mol. The molecule has 0 atom stereocenters. The molecule has 2 N–H and O–H groups in total. The molecule has 159 valence electrons. The average Bonchev–Trinajstić information content (AvgIpc) is 3.05. The second kappa shape index (κ2) is 8.19. The molecule has 3 aromatic carbocycles. The minimum absolute atomic E-state index is 0.291. The molecule has 5 nitrogen and oxygen atoms in total. The quantitative estimate of drug-likeness (QED) is 0.466. The van der Waals surface area contributed by atoms with E-state index in [-0.39, 0.29) is 0 Å². The second-order valence-corrected chi connectivity index (χ2v) is 9.96. The Labute approximate surface area is 182 Å². The number of hydrogen-bond donors (Lipinski definition) is 1. The lowest BCUT2D eigenvalue weighted by Gasteiger charge is -2.10. The zero-order valence-corrected chi connectivity index (χ0v) is 18.5. The van der Waals surface area contributed by atoms with Gasteiger partial charge in [-0.2, -0.15) is 0 Å². The fourth-order valence-electron chi connectivity index (χ4n) is 4.06. The molecule has 0 spiro atoms. The first-order chi connectivity index (χ1) is 14.8. The van der Waals surface area contributed by atoms with E-state index in [0.29, 0.717) is 17.0 Å². The van der Waals surface area contributed by atoms with Crippen molar-refractivity contribution in [1.82, 2.24) is 4.57 Å². The van der Waals surface area contributed by atoms with Crippen LogP contribution in [-0.2, 0) is 22.8 Å². The third-order valence-electron chi connectivity index (χ3n) is 5.61. The Morgan fingerprint density at radius 2 is 1.84 bits per heavy atom. The van der Waals surface area contributed by atoms with E-state index >= 15 is 0 Å². The summed E-state index contributed by atoms with van der Waals surface area (Å²) in [5.41, 5.74) is 10.0. The summed E-state index contributed by atoms with van der Waals surface area (Å²) in [6.07, 6.45) is 4.35. The predicted octanol–water partition coefficient (Wildman–Crippen LogP) is 4.49. The lowest BCUT2D eigenvalue weighted by Crippen LogP contribution is -2.11. The average molecular weight is 434 g/mol. The smallest absolute Gasteiger partial charge is 0.249 e. The molecule has 0 fully saturated rings. The fourth-order valence-corrected chi connectivity index (χ4v) is 4.75. The van der Waals surface area contributed by atoms with Gasteiger partial charge in [-0.15, -0.1) is 0 Å². The van der Waals surface area contributed by atoms with Crippen molar-refractivity contribution in [2.24, 2.45) is 5.73 Å². The van der Waals surface area contributed by atoms with E-state index < -0.39 is 15.7 Å². The highest BCUT2D eigenvalue weighted by atomic mass is 32.2. The molecule has 6 heteroatoms. The second-order valence-electron chi connectivity index (χ2n) is 7.94. The largest absolute Gasteiger partial charge is 0.366 e. The summed E-state index contributed by atoms with van der Waals surface area (Å²) in [6, 6.07) is 20.0. The maximum atomic E-state index is 12.1. The summed E-state index contributed by atoms with van der Waals surface area (Å²) in [5, 5.41) is 1.63. The number of unbranched alkanes of at least 4 members (excludes halogenated alkanes) is 1. The zero-order valence-electron chi connectivity index (χ0n) is 17.7. The van der Waals surface area contributed by atoms with Gasteiger partial charge in [0.25, 0.3) is 0 Å². The van der Waals surface area contributed by atoms with Crippen LogP contribution in [0.15, 0.2) is 59.5 Å². The Morgan fingerprint density at radius 1 is 1.06 bits per heavy atom. The lowest BCUT2D eigenvalue weighted by atomic mass is 10.0. The highest BCUT2D eigenvalue weighted by molar-refractivity contribution is 7.90. The maximum absolute atomic E-state index is 12.1. The van der Waals surface area contributed by atoms with Gasteiger partial charge >= 0.3 is 0 Å². The molecule has 1 heterocycles. The number of aromatic nitrogens is 1. The lowest BCUT2D eigenvalue weighted by molar-refractivity contribution is 0.100. The molecule has 1 amide bonds. The van der Waals surface area contributed by atoms with Gasteiger partial charge in [0.15, 0.2) is 9.84 Å². The summed E-state index contributed by atoms with van der Waals surface area (Å²) in [4.78, 5) is 12.4. The van der Waals surface area contributed by atoms with E-state index in [1.165, 1.54) is 11.8 Å². The van der Waals surface area contributed by atoms with Crippen LogP contribution in [0.3, 0.4) is 0 Å². The third-order valence-corrected chi connectivity index (χ3v) is 6.72. The van der Waals surface area contributed by atoms with Crippen molar-refractivity contribution in [3.8, 4) is 0 Å². The minimum Gasteiger partial charge on any atom is -0.366 e. The number of nitrogens with two attached hydrogens (primary N) is 1. The van der Waals surface area contributed by atoms with Gasteiger partial charge in [0, 0.05) is 29.1 Å². The number of fused-ring (bicyclic) bond motifs is 3. The van der Waals surface area contributed by atoms with Gasteiger partial charge in [-0.1, -0.05) is 37.6 Å². The van der Waals surface area contributed by atoms with Crippen molar-refractivity contribution in [2.75, 3.05) is 6.26 Å². The normalized spacial score (nSPS) is 11.9. The van der Waals surface area contributed by atoms with Crippen LogP contribution in [0.2, 0.25) is 0 Å². The molecule has 1 radical (unpaired) electrons. The number of amides is 1. The number of nitrogens with zero attached hydrogens (tertiary/aromatic N) is 1. The Balaban J connectivity index is 1.95. The molecule has 0 aliphatic carbocycles. The first-order valence-corrected chi connectivity index (χ1v) is 12.2. The van der Waals surface area contributed by atoms with E-state index in [0.717, 1.165) is 46.6 Å². The van der Waals surface area contributed by atoms with Crippen molar-refractivity contribution in [3.63, 3.8) is 0 Å². The Kier molecular flexibility index (Phi) is 5.58. The van der Waals surface area contributed by atoms with Crippen LogP contribution in [0.25, 0.3) is 21.8 Å². The molecule has 0 saturated carbocycles. The Morgan fingerprint density at radius 3 is 2.55 bits per heavy atom. The molecule has 0 aliphatic rings. The van der Waals surface area contributed by atoms with Crippen LogP contribution in [0.5, 0.6) is 0 Å². The molecule has 0 bridgehead atoms. The Hall–Kier alpha value is -3.12. The zero-order chi connectivity index (χ0) is 22.2. The van der Waals surface area contributed by atoms with Gasteiger partial charge in [-0.05, 0) is 60.4 Å². The first kappa shape index (κ1) is 21.1. The molecule has 0 aliphatic heterocycles. The van der Waals surface area contributed by atoms with Crippen LogP contribution in [-0.4, -0.2) is 25.1 Å². The Bertz CT molecular complexity index is 1400. The van der Waals surface area contributed by atoms with Crippen LogP contribution < -0.4 is 5.73 Å². The SMILES string of the molecule is CCCCc1c[c]c2c3c(C(N)=O)cccc3n(Cc3cccc(S(C)(=O)=O)c3)c2c1. The van der Waals surface area contributed by atoms with Crippen molar-refractivity contribution >= 4 is 37.6 Å². The van der Waals surface area contributed by atoms with Gasteiger partial charge in [-0.25, -0.2) is 8.42 Å². The van der Waals surface area contributed by atoms with Crippen LogP contribution in [0.4, 0.5) is 0 Å². The van der Waals surface area contributed by atoms with Crippen LogP contribution in [0, 0.1) is 6.07 Å². The molecular weight excluding hydrogens is 408 g/mol. The van der Waals surface area contributed by atoms with E-state index in [1.807, 2.05) is 24.3 Å². The first-order valence-electron chi connectivity index (χ1n) is 10.3. The number of sulfone groups is 1. The van der Waals surface area contributed by atoms with Gasteiger partial charge in [0.05, 0.1) is 15.9 Å². The number of primary amides is 1. The summed E-state index contributed by atoms with van der Waals surface area (Å²) >= 11 is 0. The highest BCUT2D eigenvalue weighted by Gasteiger charge is 2.17. The third kappa shape index (κ3) is 4.08. The summed E-state index contributed by atoms with van der Waals surface area (Å²) in [7, 11) is -3.30. The number of rotatable bonds is 7. The molecule has 0 unspecified atom stereocenters. The topological polar surface area (TPSA) is 82.2 Å². The van der Waals surface area contributed by atoms with Crippen LogP contribution >= 0.6 is 0 Å². The van der Waals surface area contributed by atoms with Crippen molar-refractivity contribution in [3.05, 3.63) is 77.4 Å². The van der Waals surface area contributed by atoms with Gasteiger partial charge in [0.1, 0.15) is 0 Å². The molecular formula is C25H25N2O3S. The van der Waals surface area contributed by atoms with Crippen LogP contribution in [0.1, 0.15) is 41.3 Å². The van der Waals surface area contributed by atoms with Crippen molar-refractivity contribution in [1.29, 1.82) is 0 Å². The molecule has 31 heavy (non-hydrogen) atoms. The molecule has 4 aromatic rings. The molecule has 4 rings (SSSR count). The van der Waals surface area contributed by atoms with E-state index in [1.54, 1.807) is 24.3 Å². The summed E-state index contributed by atoms with van der Waals surface area (Å²) in [6.45, 7) is 2.63. The number of benzene rings is 3. The number of aryl methyl sites for hydroxylation is 1. The van der Waals surface area contributed by atoms with Crippen molar-refractivity contribution in [2.45, 2.75) is 37.6 Å². The number of hydrogen-bond acceptors (Lipinski definition) is 3. The standard InChI is InChI=1S/C25H25N2O3S/c1-3-4-7-17-12-13-20-23(15-17)27(22-11-6-10-21(24(20)22)25(26)28)16-18-8-5-9-19(14-18)31(2,29)30/h5-6,8-12,14-15H,3-4,7,16H2,1-2H3,(H2,26,28). The molecule has 0 saturated heterocycles. The van der Waals surface area contributed by atoms with E-state index in [2.05, 4.69) is 23.6 Å². The van der Waals surface area contributed by atoms with E-state index in [4.69, 9.17) is 5.73 Å². The maximum Gasteiger partial charge on any atom is 0.249 e. The van der Waals surface area contributed by atoms with Crippen molar-refractivity contribution < 1.29 is 13.2 Å². The summed E-state index contributed by atoms with van der Waals surface area (Å²) in [5.74, 6) is -0.479. The predicted molar refractivity (Wildman–Crippen MR) is 124 cm³/mol. The van der Waals surface area contributed by atoms with Gasteiger partial charge in [0.2, 0.25) is 5.91 Å². The minimum atomic E-state index is -3.30. The number of carbonyl (C=O) groups excluding carboxylic acids is 1.